The van der Waals surface area contributed by atoms with Crippen LogP contribution in [0.1, 0.15) is 52.6 Å². The Morgan fingerprint density at radius 2 is 1.14 bits per heavy atom. The zero-order chi connectivity index (χ0) is 41.5. The van der Waals surface area contributed by atoms with Crippen LogP contribution in [0.5, 0.6) is 0 Å². The maximum Gasteiger partial charge on any atom is 0.349 e. The van der Waals surface area contributed by atoms with Gasteiger partial charge in [0, 0.05) is 49.6 Å². The van der Waals surface area contributed by atoms with Gasteiger partial charge in [0.2, 0.25) is 0 Å². The predicted octanol–water partition coefficient (Wildman–Crippen LogP) is 3.32. The molecule has 1 N–H and O–H groups in total. The minimum absolute atomic E-state index is 0.0147. The number of nitrogens with zero attached hydrogens (tertiary/aromatic N) is 7. The number of rotatable bonds is 13. The van der Waals surface area contributed by atoms with E-state index >= 15 is 0 Å². The van der Waals surface area contributed by atoms with Gasteiger partial charge in [-0.3, -0.25) is 29.7 Å². The van der Waals surface area contributed by atoms with Gasteiger partial charge < -0.3 is 23.5 Å². The van der Waals surface area contributed by atoms with Crippen molar-refractivity contribution in [1.29, 1.82) is 0 Å². The lowest BCUT2D eigenvalue weighted by Gasteiger charge is -2.33. The Bertz CT molecular complexity index is 2730. The minimum atomic E-state index is -1.81. The highest BCUT2D eigenvalue weighted by Crippen LogP contribution is 2.27. The summed E-state index contributed by atoms with van der Waals surface area (Å²) in [5.74, 6) is -4.01. The van der Waals surface area contributed by atoms with Crippen LogP contribution < -0.4 is 11.2 Å². The molecule has 0 amide bonds. The van der Waals surface area contributed by atoms with Crippen molar-refractivity contribution in [1.82, 2.24) is 39.5 Å². The first-order chi connectivity index (χ1) is 28.5. The topological polar surface area (TPSA) is 237 Å². The number of esters is 4. The fourth-order valence-electron chi connectivity index (χ4n) is 5.99. The van der Waals surface area contributed by atoms with E-state index in [1.165, 1.54) is 103 Å². The fourth-order valence-corrected chi connectivity index (χ4v) is 5.99. The molecule has 4 aromatic heterocycles. The van der Waals surface area contributed by atoms with E-state index < -0.39 is 66.6 Å². The first-order valence-electron chi connectivity index (χ1n) is 17.9. The Morgan fingerprint density at radius 3 is 1.66 bits per heavy atom. The van der Waals surface area contributed by atoms with Gasteiger partial charge in [-0.05, 0) is 85.6 Å². The number of carbonyl (C=O) groups excluding carboxylic acids is 4. The van der Waals surface area contributed by atoms with E-state index in [2.05, 4.69) is 34.9 Å². The van der Waals surface area contributed by atoms with E-state index in [4.69, 9.17) is 18.9 Å². The van der Waals surface area contributed by atoms with Gasteiger partial charge in [-0.15, -0.1) is 0 Å². The van der Waals surface area contributed by atoms with Crippen molar-refractivity contribution < 1.29 is 38.1 Å². The summed E-state index contributed by atoms with van der Waals surface area (Å²) in [5.41, 5.74) is 0.160. The molecule has 2 aliphatic rings. The summed E-state index contributed by atoms with van der Waals surface area (Å²) in [4.78, 5) is 108. The maximum atomic E-state index is 14.0. The number of aryl methyl sites for hydroxylation is 2. The van der Waals surface area contributed by atoms with Gasteiger partial charge in [0.1, 0.15) is 6.61 Å². The highest BCUT2D eigenvalue weighted by atomic mass is 16.6. The summed E-state index contributed by atoms with van der Waals surface area (Å²) < 4.78 is 25.3. The molecule has 6 heterocycles. The molecule has 0 bridgehead atoms. The first kappa shape index (κ1) is 39.2. The van der Waals surface area contributed by atoms with Gasteiger partial charge >= 0.3 is 29.6 Å². The Hall–Kier alpha value is -8.02. The van der Waals surface area contributed by atoms with E-state index in [0.717, 1.165) is 11.1 Å². The van der Waals surface area contributed by atoms with Crippen molar-refractivity contribution in [3.63, 3.8) is 0 Å². The molecule has 0 fully saturated rings. The van der Waals surface area contributed by atoms with E-state index in [-0.39, 0.29) is 33.8 Å². The monoisotopic (exact) mass is 796 g/mol. The predicted molar refractivity (Wildman–Crippen MR) is 205 cm³/mol. The Labute approximate surface area is 333 Å². The van der Waals surface area contributed by atoms with Crippen LogP contribution in [0.4, 0.5) is 0 Å². The number of carbonyl (C=O) groups is 4. The molecule has 0 spiro atoms. The smallest absolute Gasteiger partial charge is 0.349 e. The maximum absolute atomic E-state index is 14.0. The van der Waals surface area contributed by atoms with Gasteiger partial charge in [-0.1, -0.05) is 0 Å². The van der Waals surface area contributed by atoms with Crippen LogP contribution in [0.2, 0.25) is 0 Å². The Kier molecular flexibility index (Phi) is 11.6. The van der Waals surface area contributed by atoms with Crippen LogP contribution in [0, 0.1) is 13.8 Å². The number of nitrogens with one attached hydrogen (secondary N) is 1. The molecule has 0 saturated carbocycles. The molecule has 18 nitrogen and oxygen atoms in total. The van der Waals surface area contributed by atoms with Crippen LogP contribution in [0.3, 0.4) is 0 Å². The Balaban J connectivity index is 1.42. The number of aromatic amines is 1. The molecule has 0 aliphatic carbocycles. The van der Waals surface area contributed by atoms with Gasteiger partial charge in [-0.25, -0.2) is 29.0 Å². The molecule has 296 valence electrons. The van der Waals surface area contributed by atoms with Crippen molar-refractivity contribution in [2.24, 2.45) is 0 Å². The number of hydrogen-bond donors (Lipinski definition) is 1. The number of benzene rings is 1. The number of H-pyrrole nitrogens is 1. The quantitative estimate of drug-likeness (QED) is 0.100. The zero-order valence-corrected chi connectivity index (χ0v) is 31.3. The molecule has 0 saturated heterocycles. The highest BCUT2D eigenvalue weighted by molar-refractivity contribution is 5.91. The largest absolute Gasteiger partial charge is 0.458 e. The average molecular weight is 797 g/mol. The van der Waals surface area contributed by atoms with E-state index in [1.807, 2.05) is 13.8 Å². The second-order valence-electron chi connectivity index (χ2n) is 13.0. The SMILES string of the molecule is Cc1cc2nc3c(=O)[nH]c(=O)nc-3n(C[C@H](OC(=O)c3cccnc3)[C@H](OC(=O)c3cccnc3)[C@@H](COC(=O)c3cccnc3)OC(=O)c3cccnc3)c2cc1C. The second-order valence-corrected chi connectivity index (χ2v) is 13.0. The molecular formula is C41H32N8O10. The molecule has 18 heteroatoms. The molecule has 7 rings (SSSR count). The van der Waals surface area contributed by atoms with Crippen LogP contribution in [-0.2, 0) is 25.5 Å². The van der Waals surface area contributed by atoms with E-state index in [9.17, 15) is 28.8 Å². The van der Waals surface area contributed by atoms with Crippen LogP contribution in [-0.4, -0.2) is 88.3 Å². The van der Waals surface area contributed by atoms with E-state index in [1.54, 1.807) is 12.1 Å². The average Bonchev–Trinajstić information content (AvgIpc) is 3.26. The molecule has 5 aromatic rings. The summed E-state index contributed by atoms with van der Waals surface area (Å²) in [6, 6.07) is 15.2. The number of pyridine rings is 4. The third-order valence-corrected chi connectivity index (χ3v) is 9.05. The molecule has 59 heavy (non-hydrogen) atoms. The minimum Gasteiger partial charge on any atom is -0.458 e. The third kappa shape index (κ3) is 9.01. The first-order valence-corrected chi connectivity index (χ1v) is 17.9. The summed E-state index contributed by atoms with van der Waals surface area (Å²) >= 11 is 0. The highest BCUT2D eigenvalue weighted by Gasteiger charge is 2.41. The number of ether oxygens (including phenoxy) is 4. The second kappa shape index (κ2) is 17.4. The van der Waals surface area contributed by atoms with E-state index in [0.29, 0.717) is 11.0 Å². The zero-order valence-electron chi connectivity index (χ0n) is 31.3. The van der Waals surface area contributed by atoms with Crippen LogP contribution in [0.15, 0.2) is 120 Å². The lowest BCUT2D eigenvalue weighted by atomic mass is 10.0. The molecule has 1 aromatic carbocycles. The summed E-state index contributed by atoms with van der Waals surface area (Å²) in [7, 11) is 0. The van der Waals surface area contributed by atoms with Crippen molar-refractivity contribution in [2.45, 2.75) is 38.7 Å². The van der Waals surface area contributed by atoms with Crippen molar-refractivity contribution >= 4 is 34.9 Å². The fraction of sp³-hybridized carbons (Fsp3) is 0.171. The number of fused-ring (bicyclic) bond motifs is 2. The summed E-state index contributed by atoms with van der Waals surface area (Å²) in [5, 5.41) is 0. The number of hydrogen-bond acceptors (Lipinski definition) is 16. The lowest BCUT2D eigenvalue weighted by Crippen LogP contribution is -2.50. The van der Waals surface area contributed by atoms with Gasteiger partial charge in [0.25, 0.3) is 5.56 Å². The van der Waals surface area contributed by atoms with Crippen LogP contribution >= 0.6 is 0 Å². The molecule has 2 aliphatic heterocycles. The molecular weight excluding hydrogens is 764 g/mol. The summed E-state index contributed by atoms with van der Waals surface area (Å²) in [6.07, 6.45) is 5.53. The standard InChI is InChI=1S/C41H32N8O10/c1-23-15-29-30(16-24(23)2)49(35-33(46-29)36(50)48-41(55)47-35)21-31(57-38(52)26-8-4-12-43-18-26)34(59-40(54)28-10-6-14-45-20-28)32(58-39(53)27-9-5-13-44-19-27)22-56-37(51)25-7-3-11-42-17-25/h3-20,31-32,34H,21-22H2,1-2H3,(H,48,50,55)/t31-,32+,34-/m0/s1. The van der Waals surface area contributed by atoms with Gasteiger partial charge in [0.15, 0.2) is 29.8 Å². The van der Waals surface area contributed by atoms with Gasteiger partial charge in [0.05, 0.1) is 39.8 Å². The van der Waals surface area contributed by atoms with Crippen LogP contribution in [0.25, 0.3) is 22.6 Å². The molecule has 0 radical (unpaired) electrons. The van der Waals surface area contributed by atoms with Crippen molar-refractivity contribution in [3.8, 4) is 11.5 Å². The Morgan fingerprint density at radius 1 is 0.644 bits per heavy atom. The van der Waals surface area contributed by atoms with Crippen molar-refractivity contribution in [2.75, 3.05) is 6.61 Å². The lowest BCUT2D eigenvalue weighted by molar-refractivity contribution is -0.104. The molecule has 3 atom stereocenters. The molecule has 0 unspecified atom stereocenters. The summed E-state index contributed by atoms with van der Waals surface area (Å²) in [6.45, 7) is 2.41. The third-order valence-electron chi connectivity index (χ3n) is 9.05. The normalized spacial score (nSPS) is 12.6. The van der Waals surface area contributed by atoms with Crippen molar-refractivity contribution in [3.05, 3.63) is 164 Å². The number of aromatic nitrogens is 8. The van der Waals surface area contributed by atoms with Gasteiger partial charge in [-0.2, -0.15) is 4.98 Å².